The molecule has 6 heteroatoms. The van der Waals surface area contributed by atoms with Crippen molar-refractivity contribution < 1.29 is 14.6 Å². The SMILES string of the molecule is NP(=O)(O)Nc1ccc(O)cc1. The molecule has 0 saturated heterocycles. The normalized spacial score (nSPS) is 15.2. The average molecular weight is 188 g/mol. The molecule has 1 atom stereocenters. The first-order chi connectivity index (χ1) is 5.47. The Hall–Kier alpha value is -1.03. The number of phenols is 1. The van der Waals surface area contributed by atoms with Gasteiger partial charge in [0.1, 0.15) is 5.75 Å². The highest BCUT2D eigenvalue weighted by molar-refractivity contribution is 7.57. The van der Waals surface area contributed by atoms with E-state index in [4.69, 9.17) is 15.5 Å². The molecule has 0 aromatic heterocycles. The van der Waals surface area contributed by atoms with Crippen LogP contribution in [0.3, 0.4) is 0 Å². The van der Waals surface area contributed by atoms with Gasteiger partial charge in [-0.3, -0.25) is 0 Å². The third kappa shape index (κ3) is 2.92. The molecule has 66 valence electrons. The second kappa shape index (κ2) is 3.15. The van der Waals surface area contributed by atoms with E-state index in [9.17, 15) is 4.57 Å². The van der Waals surface area contributed by atoms with Gasteiger partial charge < -0.3 is 15.1 Å². The lowest BCUT2D eigenvalue weighted by Crippen LogP contribution is -2.03. The van der Waals surface area contributed by atoms with Gasteiger partial charge in [-0.25, -0.2) is 10.1 Å². The second-order valence-electron chi connectivity index (χ2n) is 2.28. The molecule has 5 N–H and O–H groups in total. The Kier molecular flexibility index (Phi) is 2.38. The molecule has 0 spiro atoms. The number of phenolic OH excluding ortho intramolecular Hbond substituents is 1. The molecule has 0 bridgehead atoms. The smallest absolute Gasteiger partial charge is 0.360 e. The quantitative estimate of drug-likeness (QED) is 0.408. The summed E-state index contributed by atoms with van der Waals surface area (Å²) in [6.45, 7) is 0. The first-order valence-electron chi connectivity index (χ1n) is 3.16. The third-order valence-electron chi connectivity index (χ3n) is 1.16. The van der Waals surface area contributed by atoms with E-state index in [0.717, 1.165) is 0 Å². The van der Waals surface area contributed by atoms with Crippen molar-refractivity contribution in [2.45, 2.75) is 0 Å². The van der Waals surface area contributed by atoms with Gasteiger partial charge in [-0.15, -0.1) is 0 Å². The molecule has 0 fully saturated rings. The van der Waals surface area contributed by atoms with Crippen LogP contribution in [-0.4, -0.2) is 10.00 Å². The number of aromatic hydroxyl groups is 1. The highest BCUT2D eigenvalue weighted by Gasteiger charge is 2.08. The maximum atomic E-state index is 10.6. The van der Waals surface area contributed by atoms with Crippen molar-refractivity contribution in [1.29, 1.82) is 0 Å². The molecular weight excluding hydrogens is 179 g/mol. The van der Waals surface area contributed by atoms with Crippen LogP contribution in [0.5, 0.6) is 5.75 Å². The summed E-state index contributed by atoms with van der Waals surface area (Å²) in [7, 11) is -3.73. The van der Waals surface area contributed by atoms with E-state index in [1.165, 1.54) is 24.3 Å². The fourth-order valence-corrected chi connectivity index (χ4v) is 1.24. The van der Waals surface area contributed by atoms with Gasteiger partial charge in [0, 0.05) is 5.69 Å². The Morgan fingerprint density at radius 1 is 1.33 bits per heavy atom. The summed E-state index contributed by atoms with van der Waals surface area (Å²) in [6, 6.07) is 5.67. The van der Waals surface area contributed by atoms with Crippen LogP contribution in [0.25, 0.3) is 0 Å². The molecule has 0 aliphatic rings. The van der Waals surface area contributed by atoms with E-state index >= 15 is 0 Å². The number of hydrogen-bond acceptors (Lipinski definition) is 2. The summed E-state index contributed by atoms with van der Waals surface area (Å²) >= 11 is 0. The Labute approximate surface area is 69.4 Å². The molecule has 0 aliphatic carbocycles. The fourth-order valence-electron chi connectivity index (χ4n) is 0.721. The summed E-state index contributed by atoms with van der Waals surface area (Å²) in [4.78, 5) is 8.70. The lowest BCUT2D eigenvalue weighted by molar-refractivity contribution is 0.475. The molecule has 0 aliphatic heterocycles. The number of hydrogen-bond donors (Lipinski definition) is 4. The van der Waals surface area contributed by atoms with Crippen LogP contribution in [0, 0.1) is 0 Å². The van der Waals surface area contributed by atoms with Crippen molar-refractivity contribution >= 4 is 13.4 Å². The summed E-state index contributed by atoms with van der Waals surface area (Å²) in [6.07, 6.45) is 0. The van der Waals surface area contributed by atoms with Crippen LogP contribution >= 0.6 is 7.67 Å². The minimum absolute atomic E-state index is 0.0883. The van der Waals surface area contributed by atoms with E-state index in [1.807, 2.05) is 0 Å². The van der Waals surface area contributed by atoms with Crippen LogP contribution < -0.4 is 10.6 Å². The van der Waals surface area contributed by atoms with Crippen molar-refractivity contribution in [3.63, 3.8) is 0 Å². The molecule has 5 nitrogen and oxygen atoms in total. The second-order valence-corrected chi connectivity index (χ2v) is 3.75. The zero-order valence-corrected chi connectivity index (χ0v) is 7.03. The number of nitrogens with one attached hydrogen (secondary N) is 1. The van der Waals surface area contributed by atoms with Crippen molar-refractivity contribution in [3.05, 3.63) is 24.3 Å². The van der Waals surface area contributed by atoms with Crippen molar-refractivity contribution in [2.75, 3.05) is 5.09 Å². The van der Waals surface area contributed by atoms with Gasteiger partial charge in [0.15, 0.2) is 0 Å². The molecule has 0 radical (unpaired) electrons. The van der Waals surface area contributed by atoms with Gasteiger partial charge in [0.05, 0.1) is 0 Å². The first-order valence-corrected chi connectivity index (χ1v) is 4.89. The predicted octanol–water partition coefficient (Wildman–Crippen LogP) is 0.863. The van der Waals surface area contributed by atoms with E-state index in [2.05, 4.69) is 5.09 Å². The molecule has 1 aromatic carbocycles. The number of nitrogens with two attached hydrogens (primary N) is 1. The van der Waals surface area contributed by atoms with Crippen LogP contribution in [0.4, 0.5) is 5.69 Å². The van der Waals surface area contributed by atoms with E-state index in [1.54, 1.807) is 0 Å². The lowest BCUT2D eigenvalue weighted by Gasteiger charge is -2.07. The maximum absolute atomic E-state index is 10.6. The molecule has 1 unspecified atom stereocenters. The van der Waals surface area contributed by atoms with E-state index in [-0.39, 0.29) is 5.75 Å². The topological polar surface area (TPSA) is 95.6 Å². The summed E-state index contributed by atoms with van der Waals surface area (Å²) in [5.74, 6) is 0.0883. The summed E-state index contributed by atoms with van der Waals surface area (Å²) in [5.41, 5.74) is 5.23. The van der Waals surface area contributed by atoms with Crippen molar-refractivity contribution in [3.8, 4) is 5.75 Å². The molecule has 0 heterocycles. The fraction of sp³-hybridized carbons (Fsp3) is 0. The van der Waals surface area contributed by atoms with E-state index in [0.29, 0.717) is 5.69 Å². The molecule has 1 aromatic rings. The van der Waals surface area contributed by atoms with Crippen LogP contribution in [0.1, 0.15) is 0 Å². The van der Waals surface area contributed by atoms with Crippen LogP contribution in [0.15, 0.2) is 24.3 Å². The zero-order chi connectivity index (χ0) is 9.19. The summed E-state index contributed by atoms with van der Waals surface area (Å²) < 4.78 is 10.6. The van der Waals surface area contributed by atoms with E-state index < -0.39 is 7.67 Å². The highest BCUT2D eigenvalue weighted by atomic mass is 31.2. The molecular formula is C6H9N2O3P. The van der Waals surface area contributed by atoms with Gasteiger partial charge in [0.2, 0.25) is 0 Å². The zero-order valence-electron chi connectivity index (χ0n) is 6.14. The Morgan fingerprint density at radius 3 is 2.25 bits per heavy atom. The Bertz CT molecular complexity index is 305. The Balaban J connectivity index is 2.78. The Morgan fingerprint density at radius 2 is 1.83 bits per heavy atom. The maximum Gasteiger partial charge on any atom is 0.360 e. The lowest BCUT2D eigenvalue weighted by atomic mass is 10.3. The van der Waals surface area contributed by atoms with Crippen molar-refractivity contribution in [1.82, 2.24) is 0 Å². The number of anilines is 1. The largest absolute Gasteiger partial charge is 0.508 e. The molecule has 1 rings (SSSR count). The van der Waals surface area contributed by atoms with Gasteiger partial charge in [-0.05, 0) is 24.3 Å². The first kappa shape index (κ1) is 9.06. The molecule has 12 heavy (non-hydrogen) atoms. The van der Waals surface area contributed by atoms with Gasteiger partial charge in [-0.1, -0.05) is 0 Å². The monoisotopic (exact) mass is 188 g/mol. The number of rotatable bonds is 2. The minimum atomic E-state index is -3.73. The standard InChI is InChI=1S/C6H9N2O3P/c7-12(10,11)8-5-1-3-6(9)4-2-5/h1-4,9H,(H4,7,8,10,11). The van der Waals surface area contributed by atoms with Gasteiger partial charge >= 0.3 is 7.67 Å². The molecule has 0 amide bonds. The van der Waals surface area contributed by atoms with Gasteiger partial charge in [0.25, 0.3) is 0 Å². The minimum Gasteiger partial charge on any atom is -0.508 e. The predicted molar refractivity (Wildman–Crippen MR) is 45.7 cm³/mol. The summed E-state index contributed by atoms with van der Waals surface area (Å²) in [5, 5.41) is 11.1. The average Bonchev–Trinajstić information content (AvgIpc) is 1.91. The van der Waals surface area contributed by atoms with Gasteiger partial charge in [-0.2, -0.15) is 0 Å². The third-order valence-corrected chi connectivity index (χ3v) is 1.74. The highest BCUT2D eigenvalue weighted by Crippen LogP contribution is 2.31. The van der Waals surface area contributed by atoms with Crippen LogP contribution in [0.2, 0.25) is 0 Å². The number of benzene rings is 1. The van der Waals surface area contributed by atoms with Crippen molar-refractivity contribution in [2.24, 2.45) is 5.50 Å². The molecule has 0 saturated carbocycles. The van der Waals surface area contributed by atoms with Crippen LogP contribution in [-0.2, 0) is 4.57 Å².